The van der Waals surface area contributed by atoms with Gasteiger partial charge in [0.1, 0.15) is 17.3 Å². The zero-order valence-corrected chi connectivity index (χ0v) is 15.5. The van der Waals surface area contributed by atoms with E-state index >= 15 is 0 Å². The molecule has 0 bridgehead atoms. The molecular weight excluding hydrogens is 298 g/mol. The summed E-state index contributed by atoms with van der Waals surface area (Å²) >= 11 is 0. The van der Waals surface area contributed by atoms with Crippen molar-refractivity contribution < 1.29 is 9.72 Å². The van der Waals surface area contributed by atoms with E-state index < -0.39 is 0 Å². The fourth-order valence-electron chi connectivity index (χ4n) is 4.02. The van der Waals surface area contributed by atoms with Gasteiger partial charge in [-0.25, -0.2) is 4.98 Å². The molecule has 1 aliphatic heterocycles. The lowest BCUT2D eigenvalue weighted by molar-refractivity contribution is -0.378. The number of H-pyrrole nitrogens is 1. The summed E-state index contributed by atoms with van der Waals surface area (Å²) in [5.41, 5.74) is 4.15. The van der Waals surface area contributed by atoms with Crippen molar-refractivity contribution in [3.8, 4) is 6.07 Å². The molecule has 3 rings (SSSR count). The number of aromatic amines is 1. The molecule has 0 amide bonds. The summed E-state index contributed by atoms with van der Waals surface area (Å²) in [5, 5.41) is 13.5. The van der Waals surface area contributed by atoms with Crippen LogP contribution in [-0.2, 0) is 17.8 Å². The van der Waals surface area contributed by atoms with Gasteiger partial charge >= 0.3 is 0 Å². The van der Waals surface area contributed by atoms with Crippen LogP contribution in [0.25, 0.3) is 0 Å². The highest BCUT2D eigenvalue weighted by atomic mass is 16.5. The molecule has 1 fully saturated rings. The van der Waals surface area contributed by atoms with Crippen LogP contribution in [-0.4, -0.2) is 11.6 Å². The first-order valence-corrected chi connectivity index (χ1v) is 9.33. The lowest BCUT2D eigenvalue weighted by Gasteiger charge is -2.33. The lowest BCUT2D eigenvalue weighted by atomic mass is 9.86. The molecule has 0 saturated heterocycles. The minimum atomic E-state index is -0.212. The first kappa shape index (κ1) is 17.2. The number of fused-ring (bicyclic) bond motifs is 1. The minimum Gasteiger partial charge on any atom is -0.370 e. The van der Waals surface area contributed by atoms with E-state index in [0.717, 1.165) is 17.8 Å². The highest BCUT2D eigenvalue weighted by Crippen LogP contribution is 2.35. The van der Waals surface area contributed by atoms with Crippen LogP contribution in [0.4, 0.5) is 5.82 Å². The molecule has 0 spiro atoms. The summed E-state index contributed by atoms with van der Waals surface area (Å²) in [7, 11) is 0. The number of pyridine rings is 1. The number of anilines is 1. The number of hydrogen-bond acceptors (Lipinski definition) is 3. The third-order valence-electron chi connectivity index (χ3n) is 5.35. The highest BCUT2D eigenvalue weighted by Gasteiger charge is 2.35. The second kappa shape index (κ2) is 6.72. The van der Waals surface area contributed by atoms with E-state index in [1.54, 1.807) is 0 Å². The maximum Gasteiger partial charge on any atom is 0.291 e. The Morgan fingerprint density at radius 2 is 1.92 bits per heavy atom. The van der Waals surface area contributed by atoms with E-state index in [2.05, 4.69) is 44.1 Å². The van der Waals surface area contributed by atoms with Crippen LogP contribution >= 0.6 is 0 Å². The molecule has 1 saturated carbocycles. The van der Waals surface area contributed by atoms with Gasteiger partial charge in [-0.05, 0) is 45.1 Å². The Morgan fingerprint density at radius 3 is 2.54 bits per heavy atom. The molecule has 4 heteroatoms. The fourth-order valence-corrected chi connectivity index (χ4v) is 4.02. The van der Waals surface area contributed by atoms with Crippen molar-refractivity contribution in [1.29, 1.82) is 5.26 Å². The minimum absolute atomic E-state index is 0.212. The van der Waals surface area contributed by atoms with Crippen LogP contribution in [0.3, 0.4) is 0 Å². The summed E-state index contributed by atoms with van der Waals surface area (Å²) in [5.74, 6) is 1.30. The maximum absolute atomic E-state index is 9.85. The van der Waals surface area contributed by atoms with Gasteiger partial charge in [0.15, 0.2) is 0 Å². The standard InChI is InChI=1S/C20H29N3O/c1-13(2)18-17-12-24-20(3,4)10-15(17)16(11-21)19(23-18)22-14-8-6-5-7-9-14/h13-14H,5-10,12H2,1-4H3,(H,22,23)/p+1. The fraction of sp³-hybridized carbons (Fsp3) is 0.700. The van der Waals surface area contributed by atoms with Gasteiger partial charge < -0.3 is 4.74 Å². The van der Waals surface area contributed by atoms with E-state index in [9.17, 15) is 5.26 Å². The van der Waals surface area contributed by atoms with Crippen molar-refractivity contribution >= 4 is 5.82 Å². The monoisotopic (exact) mass is 328 g/mol. The number of ether oxygens (including phenoxy) is 1. The average molecular weight is 328 g/mol. The number of rotatable bonds is 3. The first-order chi connectivity index (χ1) is 11.4. The summed E-state index contributed by atoms with van der Waals surface area (Å²) < 4.78 is 6.02. The van der Waals surface area contributed by atoms with Gasteiger partial charge in [-0.3, -0.25) is 5.32 Å². The molecule has 2 aliphatic rings. The van der Waals surface area contributed by atoms with Crippen LogP contribution in [0, 0.1) is 11.3 Å². The van der Waals surface area contributed by atoms with Crippen LogP contribution in [0.15, 0.2) is 0 Å². The topological polar surface area (TPSA) is 59.2 Å². The predicted molar refractivity (Wildman–Crippen MR) is 94.9 cm³/mol. The molecule has 0 radical (unpaired) electrons. The van der Waals surface area contributed by atoms with Gasteiger partial charge in [0.05, 0.1) is 18.2 Å². The number of nitriles is 1. The summed E-state index contributed by atoms with van der Waals surface area (Å²) in [6, 6.07) is 2.95. The maximum atomic E-state index is 9.85. The molecule has 0 unspecified atom stereocenters. The van der Waals surface area contributed by atoms with Gasteiger partial charge in [0.25, 0.3) is 5.82 Å². The average Bonchev–Trinajstić information content (AvgIpc) is 2.54. The smallest absolute Gasteiger partial charge is 0.291 e. The van der Waals surface area contributed by atoms with Crippen molar-refractivity contribution in [1.82, 2.24) is 0 Å². The zero-order chi connectivity index (χ0) is 17.3. The Hall–Kier alpha value is -1.60. The van der Waals surface area contributed by atoms with Gasteiger partial charge in [-0.1, -0.05) is 20.3 Å². The molecular formula is C20H30N3O+. The Labute approximate surface area is 145 Å². The normalized spacial score (nSPS) is 20.5. The number of hydrogen-bond donors (Lipinski definition) is 1. The van der Waals surface area contributed by atoms with Gasteiger partial charge in [0.2, 0.25) is 0 Å². The molecule has 4 nitrogen and oxygen atoms in total. The van der Waals surface area contributed by atoms with Crippen LogP contribution in [0.5, 0.6) is 0 Å². The molecule has 0 aromatic carbocycles. The van der Waals surface area contributed by atoms with Gasteiger partial charge in [0, 0.05) is 17.9 Å². The molecule has 2 N–H and O–H groups in total. The van der Waals surface area contributed by atoms with Crippen LogP contribution in [0.2, 0.25) is 0 Å². The van der Waals surface area contributed by atoms with E-state index in [0.29, 0.717) is 18.6 Å². The summed E-state index contributed by atoms with van der Waals surface area (Å²) in [6.07, 6.45) is 7.08. The number of nitrogens with one attached hydrogen (secondary N) is 2. The highest BCUT2D eigenvalue weighted by molar-refractivity contribution is 5.57. The molecule has 2 heterocycles. The summed E-state index contributed by atoms with van der Waals surface area (Å²) in [4.78, 5) is 3.55. The second-order valence-corrected chi connectivity index (χ2v) is 8.22. The van der Waals surface area contributed by atoms with Crippen LogP contribution < -0.4 is 10.3 Å². The van der Waals surface area contributed by atoms with E-state index in [4.69, 9.17) is 4.74 Å². The number of aromatic nitrogens is 1. The quantitative estimate of drug-likeness (QED) is 0.909. The molecule has 24 heavy (non-hydrogen) atoms. The number of nitrogens with zero attached hydrogens (tertiary/aromatic N) is 1. The zero-order valence-electron chi connectivity index (χ0n) is 15.5. The molecule has 130 valence electrons. The van der Waals surface area contributed by atoms with Gasteiger partial charge in [-0.2, -0.15) is 5.26 Å². The van der Waals surface area contributed by atoms with Gasteiger partial charge in [-0.15, -0.1) is 0 Å². The Balaban J connectivity index is 2.05. The largest absolute Gasteiger partial charge is 0.370 e. The van der Waals surface area contributed by atoms with Crippen molar-refractivity contribution in [2.45, 2.75) is 90.4 Å². The SMILES string of the molecule is CC(C)c1[nH+]c(NC2CCCCC2)c(C#N)c2c1COC(C)(C)C2. The predicted octanol–water partition coefficient (Wildman–Crippen LogP) is 4.09. The molecule has 1 aliphatic carbocycles. The lowest BCUT2D eigenvalue weighted by Crippen LogP contribution is -2.37. The third-order valence-corrected chi connectivity index (χ3v) is 5.35. The Morgan fingerprint density at radius 1 is 1.21 bits per heavy atom. The second-order valence-electron chi connectivity index (χ2n) is 8.22. The summed E-state index contributed by atoms with van der Waals surface area (Å²) in [6.45, 7) is 9.20. The molecule has 1 aromatic rings. The van der Waals surface area contributed by atoms with Crippen LogP contribution in [0.1, 0.15) is 88.1 Å². The third kappa shape index (κ3) is 3.42. The Bertz CT molecular complexity index is 652. The van der Waals surface area contributed by atoms with Crippen molar-refractivity contribution in [2.75, 3.05) is 5.32 Å². The van der Waals surface area contributed by atoms with Crippen molar-refractivity contribution in [2.24, 2.45) is 0 Å². The van der Waals surface area contributed by atoms with Crippen molar-refractivity contribution in [3.05, 3.63) is 22.4 Å². The van der Waals surface area contributed by atoms with E-state index in [1.165, 1.54) is 48.9 Å². The van der Waals surface area contributed by atoms with Crippen molar-refractivity contribution in [3.63, 3.8) is 0 Å². The molecule has 0 atom stereocenters. The Kier molecular flexibility index (Phi) is 4.83. The first-order valence-electron chi connectivity index (χ1n) is 9.33. The van der Waals surface area contributed by atoms with E-state index in [1.807, 2.05) is 0 Å². The molecule has 1 aromatic heterocycles. The van der Waals surface area contributed by atoms with E-state index in [-0.39, 0.29) is 5.60 Å².